The number of urea groups is 1. The van der Waals surface area contributed by atoms with Crippen LogP contribution in [-0.4, -0.2) is 42.4 Å². The van der Waals surface area contributed by atoms with Crippen LogP contribution >= 0.6 is 0 Å². The van der Waals surface area contributed by atoms with Crippen LogP contribution < -0.4 is 10.6 Å². The summed E-state index contributed by atoms with van der Waals surface area (Å²) in [5.41, 5.74) is 0. The van der Waals surface area contributed by atoms with Crippen LogP contribution in [0.3, 0.4) is 0 Å². The number of ether oxygens (including phenoxy) is 1. The number of carboxylic acids is 1. The summed E-state index contributed by atoms with van der Waals surface area (Å²) in [6.07, 6.45) is 5.28. The smallest absolute Gasteiger partial charge is 0.315 e. The lowest BCUT2D eigenvalue weighted by atomic mass is 9.95. The molecule has 2 amide bonds. The van der Waals surface area contributed by atoms with E-state index in [2.05, 4.69) is 10.6 Å². The van der Waals surface area contributed by atoms with Crippen LogP contribution in [0, 0.1) is 11.8 Å². The number of carbonyl (C=O) groups excluding carboxylic acids is 1. The second kappa shape index (κ2) is 7.64. The highest BCUT2D eigenvalue weighted by Crippen LogP contribution is 2.24. The van der Waals surface area contributed by atoms with Gasteiger partial charge in [0.2, 0.25) is 0 Å². The van der Waals surface area contributed by atoms with Crippen molar-refractivity contribution in [1.29, 1.82) is 0 Å². The standard InChI is InChI=1S/C15H26N2O4/c1-10(11-7-8-21-9-11)16-15(20)17-13-6-4-2-3-5-12(13)14(18)19/h10-13H,2-9H2,1H3,(H,18,19)(H2,16,17,20). The molecule has 120 valence electrons. The van der Waals surface area contributed by atoms with Crippen molar-refractivity contribution in [3.8, 4) is 0 Å². The molecule has 1 heterocycles. The summed E-state index contributed by atoms with van der Waals surface area (Å²) in [7, 11) is 0. The first-order valence-electron chi connectivity index (χ1n) is 7.95. The van der Waals surface area contributed by atoms with Crippen LogP contribution in [0.5, 0.6) is 0 Å². The van der Waals surface area contributed by atoms with Crippen molar-refractivity contribution in [1.82, 2.24) is 10.6 Å². The summed E-state index contributed by atoms with van der Waals surface area (Å²) < 4.78 is 5.33. The number of rotatable bonds is 4. The minimum atomic E-state index is -0.806. The SMILES string of the molecule is CC(NC(=O)NC1CCCCCC1C(=O)O)C1CCOC1. The molecule has 1 saturated carbocycles. The van der Waals surface area contributed by atoms with Gasteiger partial charge in [-0.1, -0.05) is 19.3 Å². The minimum Gasteiger partial charge on any atom is -0.481 e. The first-order chi connectivity index (χ1) is 10.1. The Morgan fingerprint density at radius 2 is 1.95 bits per heavy atom. The molecular formula is C15H26N2O4. The van der Waals surface area contributed by atoms with Crippen molar-refractivity contribution in [2.24, 2.45) is 11.8 Å². The first kappa shape index (κ1) is 16.1. The van der Waals surface area contributed by atoms with Gasteiger partial charge in [-0.3, -0.25) is 4.79 Å². The molecule has 2 fully saturated rings. The van der Waals surface area contributed by atoms with Crippen LogP contribution in [0.4, 0.5) is 4.79 Å². The maximum Gasteiger partial charge on any atom is 0.315 e. The largest absolute Gasteiger partial charge is 0.481 e. The van der Waals surface area contributed by atoms with Crippen LogP contribution in [-0.2, 0) is 9.53 Å². The summed E-state index contributed by atoms with van der Waals surface area (Å²) in [6.45, 7) is 3.41. The molecule has 2 rings (SSSR count). The zero-order valence-corrected chi connectivity index (χ0v) is 12.6. The Balaban J connectivity index is 1.85. The molecule has 4 unspecified atom stereocenters. The number of nitrogens with one attached hydrogen (secondary N) is 2. The summed E-state index contributed by atoms with van der Waals surface area (Å²) >= 11 is 0. The topological polar surface area (TPSA) is 87.7 Å². The summed E-state index contributed by atoms with van der Waals surface area (Å²) in [5.74, 6) is -0.928. The molecule has 1 aliphatic carbocycles. The Morgan fingerprint density at radius 3 is 2.62 bits per heavy atom. The lowest BCUT2D eigenvalue weighted by Crippen LogP contribution is -2.50. The molecule has 1 aliphatic heterocycles. The predicted octanol–water partition coefficient (Wildman–Crippen LogP) is 1.74. The second-order valence-electron chi connectivity index (χ2n) is 6.22. The van der Waals surface area contributed by atoms with Gasteiger partial charge < -0.3 is 20.5 Å². The quantitative estimate of drug-likeness (QED) is 0.690. The van der Waals surface area contributed by atoms with Gasteiger partial charge in [0, 0.05) is 24.6 Å². The average Bonchev–Trinajstić information content (AvgIpc) is 2.86. The molecule has 4 atom stereocenters. The predicted molar refractivity (Wildman–Crippen MR) is 78.1 cm³/mol. The van der Waals surface area contributed by atoms with Crippen molar-refractivity contribution >= 4 is 12.0 Å². The van der Waals surface area contributed by atoms with E-state index < -0.39 is 11.9 Å². The number of carboxylic acid groups (broad SMARTS) is 1. The van der Waals surface area contributed by atoms with Gasteiger partial charge in [-0.05, 0) is 26.2 Å². The Hall–Kier alpha value is -1.30. The van der Waals surface area contributed by atoms with Gasteiger partial charge in [-0.25, -0.2) is 4.79 Å². The molecule has 3 N–H and O–H groups in total. The van der Waals surface area contributed by atoms with Crippen molar-refractivity contribution < 1.29 is 19.4 Å². The Labute approximate surface area is 125 Å². The molecular weight excluding hydrogens is 272 g/mol. The van der Waals surface area contributed by atoms with Crippen LogP contribution in [0.2, 0.25) is 0 Å². The zero-order chi connectivity index (χ0) is 15.2. The van der Waals surface area contributed by atoms with E-state index in [1.54, 1.807) is 0 Å². The maximum atomic E-state index is 12.1. The Kier molecular flexibility index (Phi) is 5.85. The molecule has 0 aromatic carbocycles. The average molecular weight is 298 g/mol. The summed E-state index contributed by atoms with van der Waals surface area (Å²) in [4.78, 5) is 23.4. The fourth-order valence-electron chi connectivity index (χ4n) is 3.26. The fraction of sp³-hybridized carbons (Fsp3) is 0.867. The van der Waals surface area contributed by atoms with E-state index in [0.717, 1.165) is 38.7 Å². The molecule has 21 heavy (non-hydrogen) atoms. The van der Waals surface area contributed by atoms with Gasteiger partial charge in [0.25, 0.3) is 0 Å². The van der Waals surface area contributed by atoms with E-state index in [9.17, 15) is 14.7 Å². The highest BCUT2D eigenvalue weighted by Gasteiger charge is 2.31. The van der Waals surface area contributed by atoms with Crippen molar-refractivity contribution in [3.05, 3.63) is 0 Å². The van der Waals surface area contributed by atoms with Crippen LogP contribution in [0.1, 0.15) is 45.4 Å². The van der Waals surface area contributed by atoms with E-state index in [1.807, 2.05) is 6.92 Å². The highest BCUT2D eigenvalue weighted by atomic mass is 16.5. The molecule has 0 spiro atoms. The molecule has 1 saturated heterocycles. The monoisotopic (exact) mass is 298 g/mol. The van der Waals surface area contributed by atoms with Gasteiger partial charge >= 0.3 is 12.0 Å². The first-order valence-corrected chi connectivity index (χ1v) is 7.95. The maximum absolute atomic E-state index is 12.1. The number of hydrogen-bond donors (Lipinski definition) is 3. The third-order valence-corrected chi connectivity index (χ3v) is 4.68. The van der Waals surface area contributed by atoms with Crippen molar-refractivity contribution in [3.63, 3.8) is 0 Å². The number of carbonyl (C=O) groups is 2. The molecule has 0 aromatic rings. The van der Waals surface area contributed by atoms with Gasteiger partial charge in [0.15, 0.2) is 0 Å². The van der Waals surface area contributed by atoms with E-state index in [1.165, 1.54) is 0 Å². The van der Waals surface area contributed by atoms with Gasteiger partial charge in [-0.15, -0.1) is 0 Å². The third-order valence-electron chi connectivity index (χ3n) is 4.68. The highest BCUT2D eigenvalue weighted by molar-refractivity contribution is 5.77. The minimum absolute atomic E-state index is 0.0431. The molecule has 0 aromatic heterocycles. The van der Waals surface area contributed by atoms with Crippen molar-refractivity contribution in [2.75, 3.05) is 13.2 Å². The molecule has 2 aliphatic rings. The van der Waals surface area contributed by atoms with Gasteiger partial charge in [-0.2, -0.15) is 0 Å². The number of amides is 2. The second-order valence-corrected chi connectivity index (χ2v) is 6.22. The fourth-order valence-corrected chi connectivity index (χ4v) is 3.26. The molecule has 0 bridgehead atoms. The van der Waals surface area contributed by atoms with Crippen molar-refractivity contribution in [2.45, 2.75) is 57.5 Å². The molecule has 6 heteroatoms. The van der Waals surface area contributed by atoms with Gasteiger partial charge in [0.05, 0.1) is 12.5 Å². The van der Waals surface area contributed by atoms with E-state index in [4.69, 9.17) is 4.74 Å². The number of hydrogen-bond acceptors (Lipinski definition) is 3. The lowest BCUT2D eigenvalue weighted by molar-refractivity contribution is -0.142. The zero-order valence-electron chi connectivity index (χ0n) is 12.6. The third kappa shape index (κ3) is 4.59. The number of aliphatic carboxylic acids is 1. The molecule has 6 nitrogen and oxygen atoms in total. The van der Waals surface area contributed by atoms with E-state index in [0.29, 0.717) is 18.9 Å². The van der Waals surface area contributed by atoms with E-state index in [-0.39, 0.29) is 18.1 Å². The summed E-state index contributed by atoms with van der Waals surface area (Å²) in [5, 5.41) is 15.1. The lowest BCUT2D eigenvalue weighted by Gasteiger charge is -2.25. The van der Waals surface area contributed by atoms with Gasteiger partial charge in [0.1, 0.15) is 0 Å². The van der Waals surface area contributed by atoms with Crippen LogP contribution in [0.15, 0.2) is 0 Å². The summed E-state index contributed by atoms with van der Waals surface area (Å²) in [6, 6.07) is -0.480. The van der Waals surface area contributed by atoms with E-state index >= 15 is 0 Å². The Bertz CT molecular complexity index is 369. The molecule has 0 radical (unpaired) electrons. The van der Waals surface area contributed by atoms with Crippen LogP contribution in [0.25, 0.3) is 0 Å². The Morgan fingerprint density at radius 1 is 1.19 bits per heavy atom. The normalized spacial score (nSPS) is 31.2.